The molecular weight excluding hydrogens is 689 g/mol. The number of methoxy groups -OCH3 is 3. The monoisotopic (exact) mass is 731 g/mol. The number of anilines is 1. The number of halogens is 2. The summed E-state index contributed by atoms with van der Waals surface area (Å²) in [5, 5.41) is 1.04. The maximum absolute atomic E-state index is 14.0. The lowest BCUT2D eigenvalue weighted by Crippen LogP contribution is -2.39. The summed E-state index contributed by atoms with van der Waals surface area (Å²) in [6.07, 6.45) is 6.20. The summed E-state index contributed by atoms with van der Waals surface area (Å²) in [5.74, 6) is 2.25. The van der Waals surface area contributed by atoms with Crippen molar-refractivity contribution in [3.05, 3.63) is 99.9 Å². The van der Waals surface area contributed by atoms with Crippen molar-refractivity contribution in [3.63, 3.8) is 0 Å². The number of hydrogen-bond acceptors (Lipinski definition) is 8. The van der Waals surface area contributed by atoms with Crippen molar-refractivity contribution >= 4 is 46.1 Å². The normalized spacial score (nSPS) is 18.3. The van der Waals surface area contributed by atoms with Crippen LogP contribution in [0.15, 0.2) is 77.6 Å². The minimum Gasteiger partial charge on any atom is -0.493 e. The third kappa shape index (κ3) is 7.09. The van der Waals surface area contributed by atoms with Crippen LogP contribution in [0.2, 0.25) is 10.0 Å². The average Bonchev–Trinajstić information content (AvgIpc) is 3.88. The standard InChI is InChI=1S/C39H43Cl2N5O5/c1-48-34-21-28(22-35(49-2)36(34)50-3)37(47)45-17-13-39(26-45,29-9-10-30(40)31(41)23-29)12-16-43-14-6-15-44(19-18-43)38-42-32-7-4-5-8-33(32)46(38)24-27-11-20-51-25-27/h4-5,7-11,20-23,25H,6,12-19,24,26H2,1-3H3. The van der Waals surface area contributed by atoms with Gasteiger partial charge in [0.25, 0.3) is 5.91 Å². The Bertz CT molecular complexity index is 1970. The minimum absolute atomic E-state index is 0.0834. The SMILES string of the molecule is COc1cc(C(=O)N2CCC(CCN3CCCN(c4nc5ccccc5n4Cc4ccoc4)CC3)(c3ccc(Cl)c(Cl)c3)C2)cc(OC)c1OC. The first-order chi connectivity index (χ1) is 24.8. The molecule has 0 spiro atoms. The van der Waals surface area contributed by atoms with Crippen molar-refractivity contribution in [2.75, 3.05) is 72.0 Å². The number of carbonyl (C=O) groups excluding carboxylic acids is 1. The molecule has 3 aromatic carbocycles. The van der Waals surface area contributed by atoms with Gasteiger partial charge in [-0.25, -0.2) is 4.98 Å². The topological polar surface area (TPSA) is 85.4 Å². The Morgan fingerprint density at radius 3 is 2.43 bits per heavy atom. The van der Waals surface area contributed by atoms with Crippen LogP contribution in [0.5, 0.6) is 17.2 Å². The van der Waals surface area contributed by atoms with E-state index in [9.17, 15) is 4.79 Å². The van der Waals surface area contributed by atoms with Crippen LogP contribution in [0, 0.1) is 0 Å². The molecule has 268 valence electrons. The Labute approximate surface area is 308 Å². The fourth-order valence-electron chi connectivity index (χ4n) is 7.63. The molecule has 2 aromatic heterocycles. The van der Waals surface area contributed by atoms with Gasteiger partial charge in [0.05, 0.1) is 61.5 Å². The molecule has 1 unspecified atom stereocenters. The molecule has 2 aliphatic heterocycles. The van der Waals surface area contributed by atoms with Crippen LogP contribution >= 0.6 is 23.2 Å². The van der Waals surface area contributed by atoms with Gasteiger partial charge in [0, 0.05) is 49.3 Å². The molecule has 5 aromatic rings. The number of rotatable bonds is 11. The molecule has 10 nitrogen and oxygen atoms in total. The maximum atomic E-state index is 14.0. The van der Waals surface area contributed by atoms with Crippen molar-refractivity contribution in [1.29, 1.82) is 0 Å². The number of aromatic nitrogens is 2. The first-order valence-electron chi connectivity index (χ1n) is 17.3. The Hall–Kier alpha value is -4.38. The minimum atomic E-state index is -0.297. The van der Waals surface area contributed by atoms with Gasteiger partial charge in [0.1, 0.15) is 0 Å². The summed E-state index contributed by atoms with van der Waals surface area (Å²) in [6.45, 7) is 6.40. The van der Waals surface area contributed by atoms with E-state index in [0.29, 0.717) is 52.5 Å². The van der Waals surface area contributed by atoms with E-state index in [1.54, 1.807) is 46.0 Å². The van der Waals surface area contributed by atoms with Crippen LogP contribution < -0.4 is 19.1 Å². The third-order valence-electron chi connectivity index (χ3n) is 10.4. The fourth-order valence-corrected chi connectivity index (χ4v) is 7.93. The molecule has 0 aliphatic carbocycles. The summed E-state index contributed by atoms with van der Waals surface area (Å²) < 4.78 is 24.3. The molecule has 1 atom stereocenters. The second kappa shape index (κ2) is 15.1. The number of fused-ring (bicyclic) bond motifs is 1. The van der Waals surface area contributed by atoms with Gasteiger partial charge >= 0.3 is 0 Å². The van der Waals surface area contributed by atoms with Crippen LogP contribution in [-0.2, 0) is 12.0 Å². The summed E-state index contributed by atoms with van der Waals surface area (Å²) in [6, 6.07) is 19.7. The molecule has 0 radical (unpaired) electrons. The molecule has 2 fully saturated rings. The highest BCUT2D eigenvalue weighted by atomic mass is 35.5. The van der Waals surface area contributed by atoms with Crippen molar-refractivity contribution in [3.8, 4) is 17.2 Å². The zero-order valence-electron chi connectivity index (χ0n) is 29.2. The highest BCUT2D eigenvalue weighted by molar-refractivity contribution is 6.42. The van der Waals surface area contributed by atoms with Gasteiger partial charge in [-0.3, -0.25) is 4.79 Å². The Balaban J connectivity index is 1.09. The molecule has 0 bridgehead atoms. The number of furan rings is 1. The summed E-state index contributed by atoms with van der Waals surface area (Å²) >= 11 is 13.0. The molecule has 12 heteroatoms. The van der Waals surface area contributed by atoms with E-state index in [2.05, 4.69) is 38.6 Å². The Morgan fingerprint density at radius 2 is 1.71 bits per heavy atom. The lowest BCUT2D eigenvalue weighted by Gasteiger charge is -2.33. The highest BCUT2D eigenvalue weighted by Gasteiger charge is 2.42. The van der Waals surface area contributed by atoms with Gasteiger partial charge in [-0.05, 0) is 80.4 Å². The largest absolute Gasteiger partial charge is 0.493 e. The number of amides is 1. The second-order valence-corrected chi connectivity index (χ2v) is 14.2. The first kappa shape index (κ1) is 35.0. The van der Waals surface area contributed by atoms with Gasteiger partial charge < -0.3 is 37.9 Å². The van der Waals surface area contributed by atoms with Crippen molar-refractivity contribution in [2.24, 2.45) is 0 Å². The Morgan fingerprint density at radius 1 is 0.902 bits per heavy atom. The van der Waals surface area contributed by atoms with Crippen molar-refractivity contribution in [2.45, 2.75) is 31.2 Å². The van der Waals surface area contributed by atoms with E-state index in [1.807, 2.05) is 29.2 Å². The zero-order chi connectivity index (χ0) is 35.5. The molecular formula is C39H43Cl2N5O5. The molecule has 51 heavy (non-hydrogen) atoms. The van der Waals surface area contributed by atoms with Crippen molar-refractivity contribution in [1.82, 2.24) is 19.4 Å². The van der Waals surface area contributed by atoms with Crippen LogP contribution in [0.3, 0.4) is 0 Å². The molecule has 4 heterocycles. The van der Waals surface area contributed by atoms with Crippen molar-refractivity contribution < 1.29 is 23.4 Å². The van der Waals surface area contributed by atoms with Crippen LogP contribution in [-0.4, -0.2) is 92.4 Å². The van der Waals surface area contributed by atoms with Gasteiger partial charge in [0.2, 0.25) is 11.7 Å². The third-order valence-corrected chi connectivity index (χ3v) is 11.2. The lowest BCUT2D eigenvalue weighted by molar-refractivity contribution is 0.0780. The van der Waals surface area contributed by atoms with Crippen LogP contribution in [0.1, 0.15) is 40.7 Å². The van der Waals surface area contributed by atoms with Gasteiger partial charge in [-0.2, -0.15) is 0 Å². The number of nitrogens with zero attached hydrogens (tertiary/aromatic N) is 5. The smallest absolute Gasteiger partial charge is 0.254 e. The Kier molecular flexibility index (Phi) is 10.4. The molecule has 0 saturated carbocycles. The van der Waals surface area contributed by atoms with E-state index in [-0.39, 0.29) is 11.3 Å². The molecule has 7 rings (SSSR count). The van der Waals surface area contributed by atoms with Gasteiger partial charge in [0.15, 0.2) is 11.5 Å². The quantitative estimate of drug-likeness (QED) is 0.139. The maximum Gasteiger partial charge on any atom is 0.254 e. The van der Waals surface area contributed by atoms with Gasteiger partial charge in [-0.15, -0.1) is 0 Å². The summed E-state index contributed by atoms with van der Waals surface area (Å²) in [7, 11) is 4.65. The number of benzene rings is 3. The number of para-hydroxylation sites is 2. The van der Waals surface area contributed by atoms with Gasteiger partial charge in [-0.1, -0.05) is 41.4 Å². The van der Waals surface area contributed by atoms with E-state index < -0.39 is 0 Å². The molecule has 2 aliphatic rings. The average molecular weight is 733 g/mol. The summed E-state index contributed by atoms with van der Waals surface area (Å²) in [5.41, 5.74) is 4.51. The predicted molar refractivity (Wildman–Crippen MR) is 200 cm³/mol. The molecule has 0 N–H and O–H groups in total. The second-order valence-electron chi connectivity index (χ2n) is 13.4. The number of imidazole rings is 1. The molecule has 2 saturated heterocycles. The fraction of sp³-hybridized carbons (Fsp3) is 0.385. The van der Waals surface area contributed by atoms with Crippen LogP contribution in [0.25, 0.3) is 11.0 Å². The van der Waals surface area contributed by atoms with E-state index in [0.717, 1.165) is 80.1 Å². The number of carbonyl (C=O) groups is 1. The number of likely N-dealkylation sites (tertiary alicyclic amines) is 1. The summed E-state index contributed by atoms with van der Waals surface area (Å²) in [4.78, 5) is 26.0. The lowest BCUT2D eigenvalue weighted by atomic mass is 9.76. The highest BCUT2D eigenvalue weighted by Crippen LogP contribution is 2.43. The molecule has 1 amide bonds. The van der Waals surface area contributed by atoms with E-state index >= 15 is 0 Å². The van der Waals surface area contributed by atoms with E-state index in [1.165, 1.54) is 0 Å². The zero-order valence-corrected chi connectivity index (χ0v) is 30.8. The van der Waals surface area contributed by atoms with E-state index in [4.69, 9.17) is 46.8 Å². The predicted octanol–water partition coefficient (Wildman–Crippen LogP) is 7.40. The van der Waals surface area contributed by atoms with Crippen LogP contribution in [0.4, 0.5) is 5.95 Å². The number of ether oxygens (including phenoxy) is 3. The number of hydrogen-bond donors (Lipinski definition) is 0. The first-order valence-corrected chi connectivity index (χ1v) is 18.1.